The van der Waals surface area contributed by atoms with Gasteiger partial charge in [-0.3, -0.25) is 14.5 Å². The molecule has 0 radical (unpaired) electrons. The van der Waals surface area contributed by atoms with Crippen molar-refractivity contribution < 1.29 is 14.3 Å². The number of hydrogen-bond donors (Lipinski definition) is 1. The molecule has 2 saturated heterocycles. The molecule has 1 N–H and O–H groups in total. The highest BCUT2D eigenvalue weighted by Crippen LogP contribution is 2.18. The number of nitrogens with zero attached hydrogens (tertiary/aromatic N) is 2. The molecular weight excluding hydrogens is 258 g/mol. The molecule has 0 bridgehead atoms. The molecule has 0 aliphatic carbocycles. The fraction of sp³-hybridized carbons (Fsp3) is 0.857. The van der Waals surface area contributed by atoms with E-state index in [0.29, 0.717) is 25.7 Å². The average Bonchev–Trinajstić information content (AvgIpc) is 2.49. The van der Waals surface area contributed by atoms with E-state index in [0.717, 1.165) is 32.5 Å². The summed E-state index contributed by atoms with van der Waals surface area (Å²) in [6.45, 7) is 6.78. The van der Waals surface area contributed by atoms with Gasteiger partial charge in [-0.2, -0.15) is 0 Å². The Morgan fingerprint density at radius 2 is 1.95 bits per heavy atom. The molecular formula is C14H25N3O3. The minimum absolute atomic E-state index is 0.0397. The van der Waals surface area contributed by atoms with Gasteiger partial charge < -0.3 is 15.0 Å². The summed E-state index contributed by atoms with van der Waals surface area (Å²) in [5.41, 5.74) is 0. The minimum Gasteiger partial charge on any atom is -0.469 e. The molecule has 2 fully saturated rings. The maximum atomic E-state index is 12.3. The highest BCUT2D eigenvalue weighted by Gasteiger charge is 2.29. The van der Waals surface area contributed by atoms with Crippen LogP contribution >= 0.6 is 0 Å². The van der Waals surface area contributed by atoms with Crippen LogP contribution in [0.15, 0.2) is 0 Å². The molecule has 2 aliphatic rings. The fourth-order valence-corrected chi connectivity index (χ4v) is 2.92. The third-order valence-electron chi connectivity index (χ3n) is 4.36. The van der Waals surface area contributed by atoms with E-state index >= 15 is 0 Å². The van der Waals surface area contributed by atoms with Crippen LogP contribution in [0.5, 0.6) is 0 Å². The first-order chi connectivity index (χ1) is 9.61. The molecule has 0 aromatic rings. The molecule has 2 aliphatic heterocycles. The van der Waals surface area contributed by atoms with Crippen molar-refractivity contribution >= 4 is 11.9 Å². The normalized spacial score (nSPS) is 25.5. The molecule has 6 heteroatoms. The van der Waals surface area contributed by atoms with E-state index in [1.807, 2.05) is 4.90 Å². The van der Waals surface area contributed by atoms with Crippen LogP contribution in [0.3, 0.4) is 0 Å². The molecule has 20 heavy (non-hydrogen) atoms. The van der Waals surface area contributed by atoms with Crippen LogP contribution in [0.2, 0.25) is 0 Å². The number of hydrogen-bond acceptors (Lipinski definition) is 5. The summed E-state index contributed by atoms with van der Waals surface area (Å²) in [5, 5.41) is 3.32. The van der Waals surface area contributed by atoms with Crippen molar-refractivity contribution in [2.75, 3.05) is 46.4 Å². The summed E-state index contributed by atoms with van der Waals surface area (Å²) in [6.07, 6.45) is 1.44. The Bertz CT molecular complexity index is 354. The zero-order valence-electron chi connectivity index (χ0n) is 12.4. The zero-order valence-corrected chi connectivity index (χ0v) is 12.4. The smallest absolute Gasteiger partial charge is 0.308 e. The lowest BCUT2D eigenvalue weighted by Gasteiger charge is -2.36. The van der Waals surface area contributed by atoms with E-state index in [1.54, 1.807) is 0 Å². The van der Waals surface area contributed by atoms with Crippen molar-refractivity contribution in [2.45, 2.75) is 25.8 Å². The van der Waals surface area contributed by atoms with E-state index in [2.05, 4.69) is 17.1 Å². The number of nitrogens with one attached hydrogen (secondary N) is 1. The number of likely N-dealkylation sites (tertiary alicyclic amines) is 1. The Balaban J connectivity index is 1.78. The largest absolute Gasteiger partial charge is 0.469 e. The van der Waals surface area contributed by atoms with Crippen molar-refractivity contribution in [3.05, 3.63) is 0 Å². The summed E-state index contributed by atoms with van der Waals surface area (Å²) < 4.78 is 4.76. The number of amides is 1. The van der Waals surface area contributed by atoms with Crippen LogP contribution in [0.4, 0.5) is 0 Å². The van der Waals surface area contributed by atoms with E-state index in [4.69, 9.17) is 4.74 Å². The van der Waals surface area contributed by atoms with Gasteiger partial charge in [-0.15, -0.1) is 0 Å². The van der Waals surface area contributed by atoms with Gasteiger partial charge in [0, 0.05) is 38.8 Å². The van der Waals surface area contributed by atoms with Crippen LogP contribution < -0.4 is 5.32 Å². The minimum atomic E-state index is -0.146. The van der Waals surface area contributed by atoms with Crippen molar-refractivity contribution in [3.63, 3.8) is 0 Å². The van der Waals surface area contributed by atoms with Gasteiger partial charge in [-0.05, 0) is 19.8 Å². The Morgan fingerprint density at radius 1 is 1.25 bits per heavy atom. The van der Waals surface area contributed by atoms with Crippen molar-refractivity contribution in [2.24, 2.45) is 5.92 Å². The maximum absolute atomic E-state index is 12.3. The number of carbonyl (C=O) groups excluding carboxylic acids is 2. The third kappa shape index (κ3) is 3.70. The van der Waals surface area contributed by atoms with E-state index in [1.165, 1.54) is 7.11 Å². The number of esters is 1. The molecule has 2 rings (SSSR count). The molecule has 0 unspecified atom stereocenters. The molecule has 1 atom stereocenters. The molecule has 0 aromatic heterocycles. The van der Waals surface area contributed by atoms with Crippen LogP contribution in [-0.4, -0.2) is 74.1 Å². The Labute approximate surface area is 120 Å². The number of methoxy groups -OCH3 is 1. The van der Waals surface area contributed by atoms with E-state index in [9.17, 15) is 9.59 Å². The molecule has 0 saturated carbocycles. The zero-order chi connectivity index (χ0) is 14.5. The van der Waals surface area contributed by atoms with Gasteiger partial charge >= 0.3 is 5.97 Å². The van der Waals surface area contributed by atoms with Crippen LogP contribution in [0.25, 0.3) is 0 Å². The van der Waals surface area contributed by atoms with Crippen molar-refractivity contribution in [1.82, 2.24) is 15.1 Å². The second-order valence-corrected chi connectivity index (χ2v) is 5.70. The summed E-state index contributed by atoms with van der Waals surface area (Å²) in [4.78, 5) is 27.9. The van der Waals surface area contributed by atoms with Crippen molar-refractivity contribution in [1.29, 1.82) is 0 Å². The standard InChI is InChI=1S/C14H25N3O3/c1-11-9-15-5-8-17(11)10-13(18)16-6-3-12(4-7-16)14(19)20-2/h11-12,15H,3-10H2,1-2H3/t11-/m1/s1. The number of ether oxygens (including phenoxy) is 1. The summed E-state index contributed by atoms with van der Waals surface area (Å²) >= 11 is 0. The second kappa shape index (κ2) is 7.04. The van der Waals surface area contributed by atoms with Crippen molar-refractivity contribution in [3.8, 4) is 0 Å². The van der Waals surface area contributed by atoms with Gasteiger partial charge in [0.15, 0.2) is 0 Å². The molecule has 2 heterocycles. The highest BCUT2D eigenvalue weighted by molar-refractivity contribution is 5.79. The predicted molar refractivity (Wildman–Crippen MR) is 75.2 cm³/mol. The Morgan fingerprint density at radius 3 is 2.55 bits per heavy atom. The van der Waals surface area contributed by atoms with Gasteiger partial charge in [-0.1, -0.05) is 0 Å². The van der Waals surface area contributed by atoms with Gasteiger partial charge in [0.05, 0.1) is 19.6 Å². The average molecular weight is 283 g/mol. The number of piperidine rings is 1. The third-order valence-corrected chi connectivity index (χ3v) is 4.36. The van der Waals surface area contributed by atoms with Crippen LogP contribution in [-0.2, 0) is 14.3 Å². The lowest BCUT2D eigenvalue weighted by molar-refractivity contribution is -0.149. The summed E-state index contributed by atoms with van der Waals surface area (Å²) in [7, 11) is 1.42. The quantitative estimate of drug-likeness (QED) is 0.720. The Hall–Kier alpha value is -1.14. The highest BCUT2D eigenvalue weighted by atomic mass is 16.5. The first-order valence-electron chi connectivity index (χ1n) is 7.42. The SMILES string of the molecule is COC(=O)C1CCN(C(=O)CN2CCNC[C@H]2C)CC1. The molecule has 1 amide bonds. The van der Waals surface area contributed by atoms with E-state index in [-0.39, 0.29) is 17.8 Å². The molecule has 114 valence electrons. The van der Waals surface area contributed by atoms with Crippen LogP contribution in [0, 0.1) is 5.92 Å². The van der Waals surface area contributed by atoms with Gasteiger partial charge in [0.1, 0.15) is 0 Å². The lowest BCUT2D eigenvalue weighted by Crippen LogP contribution is -2.54. The lowest BCUT2D eigenvalue weighted by atomic mass is 9.97. The van der Waals surface area contributed by atoms with Crippen LogP contribution in [0.1, 0.15) is 19.8 Å². The first kappa shape index (κ1) is 15.3. The topological polar surface area (TPSA) is 61.9 Å². The monoisotopic (exact) mass is 283 g/mol. The molecule has 0 aromatic carbocycles. The first-order valence-corrected chi connectivity index (χ1v) is 7.42. The predicted octanol–water partition coefficient (Wildman–Crippen LogP) is -0.308. The van der Waals surface area contributed by atoms with Gasteiger partial charge in [-0.25, -0.2) is 0 Å². The number of piperazine rings is 1. The summed E-state index contributed by atoms with van der Waals surface area (Å²) in [6, 6.07) is 0.403. The molecule has 6 nitrogen and oxygen atoms in total. The maximum Gasteiger partial charge on any atom is 0.308 e. The number of carbonyl (C=O) groups is 2. The fourth-order valence-electron chi connectivity index (χ4n) is 2.92. The summed E-state index contributed by atoms with van der Waals surface area (Å²) in [5.74, 6) is -0.00273. The second-order valence-electron chi connectivity index (χ2n) is 5.70. The van der Waals surface area contributed by atoms with Gasteiger partial charge in [0.25, 0.3) is 0 Å². The number of rotatable bonds is 3. The van der Waals surface area contributed by atoms with E-state index < -0.39 is 0 Å². The van der Waals surface area contributed by atoms with Gasteiger partial charge in [0.2, 0.25) is 5.91 Å². The molecule has 0 spiro atoms. The Kier molecular flexibility index (Phi) is 5.37.